The Morgan fingerprint density at radius 2 is 0.952 bits per heavy atom. The van der Waals surface area contributed by atoms with Crippen molar-refractivity contribution in [2.24, 2.45) is 0 Å². The molecule has 1 unspecified atom stereocenters. The molecule has 8 nitrogen and oxygen atoms in total. The molecular weight excluding hydrogens is 761 g/mol. The Balaban J connectivity index is 0.927. The number of rotatable bonds is 4. The monoisotopic (exact) mass is 794 g/mol. The van der Waals surface area contributed by atoms with Gasteiger partial charge in [0.1, 0.15) is 0 Å². The van der Waals surface area contributed by atoms with Gasteiger partial charge in [-0.1, -0.05) is 109 Å². The summed E-state index contributed by atoms with van der Waals surface area (Å²) in [5.41, 5.74) is 15.1. The van der Waals surface area contributed by atoms with Crippen LogP contribution in [0, 0.1) is 0 Å². The summed E-state index contributed by atoms with van der Waals surface area (Å²) in [4.78, 5) is 22.9. The van der Waals surface area contributed by atoms with E-state index in [1.807, 2.05) is 12.4 Å². The molecule has 0 saturated carbocycles. The zero-order chi connectivity index (χ0) is 40.5. The van der Waals surface area contributed by atoms with Crippen molar-refractivity contribution >= 4 is 88.8 Å². The van der Waals surface area contributed by atoms with Crippen LogP contribution in [0.5, 0.6) is 0 Å². The molecule has 6 heterocycles. The van der Waals surface area contributed by atoms with Crippen LogP contribution in [-0.4, -0.2) is 39.7 Å². The molecule has 1 aliphatic heterocycles. The Morgan fingerprint density at radius 3 is 1.63 bits per heavy atom. The quantitative estimate of drug-likeness (QED) is 0.177. The van der Waals surface area contributed by atoms with Gasteiger partial charge in [0, 0.05) is 56.0 Å². The lowest BCUT2D eigenvalue weighted by Crippen LogP contribution is -2.30. The van der Waals surface area contributed by atoms with Crippen LogP contribution in [0.2, 0.25) is 0 Å². The molecule has 0 fully saturated rings. The average molecular weight is 795 g/mol. The van der Waals surface area contributed by atoms with E-state index in [4.69, 9.17) is 19.9 Å². The minimum Gasteiger partial charge on any atom is -0.333 e. The van der Waals surface area contributed by atoms with Crippen LogP contribution in [0.25, 0.3) is 94.8 Å². The molecule has 1 aliphatic carbocycles. The first-order valence-corrected chi connectivity index (χ1v) is 21.1. The van der Waals surface area contributed by atoms with Crippen molar-refractivity contribution in [2.75, 3.05) is 4.90 Å². The molecule has 0 radical (unpaired) electrons. The van der Waals surface area contributed by atoms with Gasteiger partial charge in [-0.25, -0.2) is 19.9 Å². The first-order chi connectivity index (χ1) is 30.8. The molecule has 0 N–H and O–H groups in total. The first kappa shape index (κ1) is 33.5. The van der Waals surface area contributed by atoms with Gasteiger partial charge in [0.25, 0.3) is 0 Å². The predicted molar refractivity (Wildman–Crippen MR) is 251 cm³/mol. The molecule has 2 aliphatic rings. The average Bonchev–Trinajstić information content (AvgIpc) is 4.05. The number of aromatic nitrogens is 7. The highest BCUT2D eigenvalue weighted by Crippen LogP contribution is 2.50. The van der Waals surface area contributed by atoms with Gasteiger partial charge in [-0.2, -0.15) is 0 Å². The third kappa shape index (κ3) is 4.60. The lowest BCUT2D eigenvalue weighted by Gasteiger charge is -2.30. The van der Waals surface area contributed by atoms with Gasteiger partial charge in [-0.05, 0) is 77.9 Å². The Labute approximate surface area is 354 Å². The second-order valence-electron chi connectivity index (χ2n) is 16.3. The van der Waals surface area contributed by atoms with E-state index in [9.17, 15) is 0 Å². The standard InChI is InChI=1S/C54H34N8/c1-3-15-33(16-4-1)59-43-23-11-7-19-35(43)39-29-49-41(27-47(39)59)37-21-9-13-25-45(37)61(49)51-31-55-54-53(57-51)56-32-52(58-54)62-46-26-14-10-22-38(46)42-28-48-40(30-50(42)62)36-20-8-12-24-44(36)60(48)34-17-5-2-6-18-34/h1-27,29-32,48H,28H2. The maximum absolute atomic E-state index is 5.20. The summed E-state index contributed by atoms with van der Waals surface area (Å²) in [6, 6.07) is 60.8. The molecular formula is C54H34N8. The topological polar surface area (TPSA) is 69.6 Å². The SMILES string of the molecule is C1=C2c3ccccc3N(c3ccccc3)C2Cc2c1n(-c1cnc3nc(-n4c5ccccc5c5cc6c(cc54)c4ccccc4n6-c4ccccc4)cnc3n1)c1ccccc21. The molecule has 5 aromatic heterocycles. The molecule has 290 valence electrons. The molecule has 0 saturated heterocycles. The number of hydrogen-bond donors (Lipinski definition) is 0. The Hall–Kier alpha value is -8.36. The van der Waals surface area contributed by atoms with Gasteiger partial charge < -0.3 is 9.47 Å². The van der Waals surface area contributed by atoms with Crippen molar-refractivity contribution < 1.29 is 0 Å². The molecule has 0 amide bonds. The van der Waals surface area contributed by atoms with Gasteiger partial charge in [-0.15, -0.1) is 0 Å². The fourth-order valence-electron chi connectivity index (χ4n) is 10.5. The fraction of sp³-hybridized carbons (Fsp3) is 0.0370. The summed E-state index contributed by atoms with van der Waals surface area (Å²) in [5, 5.41) is 5.89. The predicted octanol–water partition coefficient (Wildman–Crippen LogP) is 12.2. The van der Waals surface area contributed by atoms with Gasteiger partial charge in [-0.3, -0.25) is 9.13 Å². The van der Waals surface area contributed by atoms with E-state index in [-0.39, 0.29) is 6.04 Å². The number of nitrogens with zero attached hydrogens (tertiary/aromatic N) is 8. The van der Waals surface area contributed by atoms with Crippen LogP contribution in [0.1, 0.15) is 16.8 Å². The largest absolute Gasteiger partial charge is 0.333 e. The fourth-order valence-corrected chi connectivity index (χ4v) is 10.5. The number of hydrogen-bond acceptors (Lipinski definition) is 5. The number of benzene rings is 7. The van der Waals surface area contributed by atoms with Gasteiger partial charge >= 0.3 is 0 Å². The molecule has 0 bridgehead atoms. The molecule has 1 atom stereocenters. The molecule has 8 heteroatoms. The summed E-state index contributed by atoms with van der Waals surface area (Å²) >= 11 is 0. The van der Waals surface area contributed by atoms with Crippen LogP contribution >= 0.6 is 0 Å². The van der Waals surface area contributed by atoms with Crippen molar-refractivity contribution in [3.63, 3.8) is 0 Å². The van der Waals surface area contributed by atoms with Crippen LogP contribution in [-0.2, 0) is 6.42 Å². The van der Waals surface area contributed by atoms with Gasteiger partial charge in [0.2, 0.25) is 0 Å². The Morgan fingerprint density at radius 1 is 0.435 bits per heavy atom. The van der Waals surface area contributed by atoms with Crippen LogP contribution in [0.3, 0.4) is 0 Å². The van der Waals surface area contributed by atoms with E-state index in [0.29, 0.717) is 22.9 Å². The lowest BCUT2D eigenvalue weighted by atomic mass is 9.89. The highest BCUT2D eigenvalue weighted by Gasteiger charge is 2.39. The smallest absolute Gasteiger partial charge is 0.199 e. The van der Waals surface area contributed by atoms with Crippen LogP contribution in [0.4, 0.5) is 11.4 Å². The second-order valence-corrected chi connectivity index (χ2v) is 16.3. The Bertz CT molecular complexity index is 3860. The molecule has 62 heavy (non-hydrogen) atoms. The maximum atomic E-state index is 5.20. The van der Waals surface area contributed by atoms with Gasteiger partial charge in [0.15, 0.2) is 22.9 Å². The molecule has 14 rings (SSSR count). The van der Waals surface area contributed by atoms with Crippen molar-refractivity contribution in [1.29, 1.82) is 0 Å². The minimum absolute atomic E-state index is 0.174. The van der Waals surface area contributed by atoms with E-state index < -0.39 is 0 Å². The number of anilines is 2. The third-order valence-corrected chi connectivity index (χ3v) is 13.1. The molecule has 7 aromatic carbocycles. The number of fused-ring (bicyclic) bond motifs is 13. The third-order valence-electron chi connectivity index (χ3n) is 13.1. The second kappa shape index (κ2) is 12.6. The van der Waals surface area contributed by atoms with E-state index >= 15 is 0 Å². The summed E-state index contributed by atoms with van der Waals surface area (Å²) in [6.45, 7) is 0. The van der Waals surface area contributed by atoms with Crippen molar-refractivity contribution in [3.05, 3.63) is 199 Å². The van der Waals surface area contributed by atoms with Crippen molar-refractivity contribution in [2.45, 2.75) is 12.5 Å². The summed E-state index contributed by atoms with van der Waals surface area (Å²) in [5.74, 6) is 1.41. The van der Waals surface area contributed by atoms with E-state index in [1.54, 1.807) is 0 Å². The molecule has 0 spiro atoms. The normalized spacial score (nSPS) is 14.6. The lowest BCUT2D eigenvalue weighted by molar-refractivity contribution is 0.805. The summed E-state index contributed by atoms with van der Waals surface area (Å²) in [6.07, 6.45) is 6.93. The number of para-hydroxylation sites is 6. The van der Waals surface area contributed by atoms with E-state index in [2.05, 4.69) is 195 Å². The highest BCUT2D eigenvalue weighted by atomic mass is 15.2. The van der Waals surface area contributed by atoms with E-state index in [0.717, 1.165) is 50.6 Å². The Kier molecular flexibility index (Phi) is 6.79. The zero-order valence-electron chi connectivity index (χ0n) is 33.3. The van der Waals surface area contributed by atoms with E-state index in [1.165, 1.54) is 49.8 Å². The van der Waals surface area contributed by atoms with Crippen molar-refractivity contribution in [3.8, 4) is 17.3 Å². The molecule has 12 aromatic rings. The summed E-state index contributed by atoms with van der Waals surface area (Å²) in [7, 11) is 0. The summed E-state index contributed by atoms with van der Waals surface area (Å²) < 4.78 is 6.84. The maximum Gasteiger partial charge on any atom is 0.199 e. The highest BCUT2D eigenvalue weighted by molar-refractivity contribution is 6.19. The van der Waals surface area contributed by atoms with Crippen LogP contribution in [0.15, 0.2) is 182 Å². The van der Waals surface area contributed by atoms with Crippen LogP contribution < -0.4 is 4.90 Å². The minimum atomic E-state index is 0.174. The zero-order valence-corrected chi connectivity index (χ0v) is 33.3. The van der Waals surface area contributed by atoms with Crippen molar-refractivity contribution in [1.82, 2.24) is 33.6 Å². The van der Waals surface area contributed by atoms with Gasteiger partial charge in [0.05, 0.1) is 51.7 Å². The first-order valence-electron chi connectivity index (χ1n) is 21.1.